The van der Waals surface area contributed by atoms with Crippen LogP contribution in [0.5, 0.6) is 0 Å². The van der Waals surface area contributed by atoms with Crippen molar-refractivity contribution >= 4 is 5.91 Å². The number of carbonyl (C=O) groups is 1. The first kappa shape index (κ1) is 14.8. The van der Waals surface area contributed by atoms with E-state index in [0.29, 0.717) is 17.9 Å². The van der Waals surface area contributed by atoms with Gasteiger partial charge >= 0.3 is 0 Å². The zero-order valence-electron chi connectivity index (χ0n) is 12.8. The number of hydrogen-bond acceptors (Lipinski definition) is 2. The molecular weight excluding hydrogens is 236 g/mol. The van der Waals surface area contributed by atoms with Crippen molar-refractivity contribution < 1.29 is 4.79 Å². The lowest BCUT2D eigenvalue weighted by Gasteiger charge is -2.37. The van der Waals surface area contributed by atoms with Crippen LogP contribution in [0, 0.1) is 17.3 Å². The summed E-state index contributed by atoms with van der Waals surface area (Å²) in [6.07, 6.45) is 6.80. The summed E-state index contributed by atoms with van der Waals surface area (Å²) in [5, 5.41) is 6.78. The molecule has 110 valence electrons. The van der Waals surface area contributed by atoms with Crippen LogP contribution in [-0.2, 0) is 4.79 Å². The molecule has 19 heavy (non-hydrogen) atoms. The van der Waals surface area contributed by atoms with Gasteiger partial charge in [0.05, 0.1) is 5.41 Å². The first-order valence-electron chi connectivity index (χ1n) is 8.14. The average Bonchev–Trinajstić information content (AvgIpc) is 2.80. The molecule has 2 fully saturated rings. The van der Waals surface area contributed by atoms with Gasteiger partial charge in [0.2, 0.25) is 5.91 Å². The second-order valence-electron chi connectivity index (χ2n) is 6.60. The Hall–Kier alpha value is -0.570. The summed E-state index contributed by atoms with van der Waals surface area (Å²) in [7, 11) is 0. The zero-order chi connectivity index (χ0) is 13.9. The topological polar surface area (TPSA) is 41.1 Å². The predicted molar refractivity (Wildman–Crippen MR) is 78.9 cm³/mol. The van der Waals surface area contributed by atoms with Crippen molar-refractivity contribution in [3.63, 3.8) is 0 Å². The maximum Gasteiger partial charge on any atom is 0.227 e. The van der Waals surface area contributed by atoms with Crippen molar-refractivity contribution in [1.29, 1.82) is 0 Å². The van der Waals surface area contributed by atoms with E-state index in [1.807, 2.05) is 0 Å². The van der Waals surface area contributed by atoms with E-state index in [-0.39, 0.29) is 5.41 Å². The van der Waals surface area contributed by atoms with Crippen molar-refractivity contribution in [3.8, 4) is 0 Å². The molecule has 4 unspecified atom stereocenters. The van der Waals surface area contributed by atoms with E-state index in [9.17, 15) is 4.79 Å². The Morgan fingerprint density at radius 2 is 2.16 bits per heavy atom. The van der Waals surface area contributed by atoms with Crippen molar-refractivity contribution in [2.75, 3.05) is 13.1 Å². The highest BCUT2D eigenvalue weighted by Gasteiger charge is 2.41. The molecule has 2 N–H and O–H groups in total. The molecule has 0 aromatic heterocycles. The summed E-state index contributed by atoms with van der Waals surface area (Å²) in [4.78, 5) is 12.7. The van der Waals surface area contributed by atoms with Gasteiger partial charge in [0.25, 0.3) is 0 Å². The summed E-state index contributed by atoms with van der Waals surface area (Å²) < 4.78 is 0. The number of hydrogen-bond donors (Lipinski definition) is 2. The van der Waals surface area contributed by atoms with Crippen molar-refractivity contribution in [2.24, 2.45) is 17.3 Å². The van der Waals surface area contributed by atoms with Crippen LogP contribution >= 0.6 is 0 Å². The molecule has 1 saturated carbocycles. The van der Waals surface area contributed by atoms with E-state index in [1.54, 1.807) is 0 Å². The Kier molecular flexibility index (Phi) is 4.88. The lowest BCUT2D eigenvalue weighted by Crippen LogP contribution is -2.53. The van der Waals surface area contributed by atoms with Gasteiger partial charge in [-0.3, -0.25) is 4.79 Å². The van der Waals surface area contributed by atoms with Gasteiger partial charge in [0.15, 0.2) is 0 Å². The molecule has 0 aromatic carbocycles. The zero-order valence-corrected chi connectivity index (χ0v) is 12.8. The van der Waals surface area contributed by atoms with Crippen LogP contribution in [-0.4, -0.2) is 25.0 Å². The molecule has 3 heteroatoms. The minimum Gasteiger partial charge on any atom is -0.353 e. The summed E-state index contributed by atoms with van der Waals surface area (Å²) in [6.45, 7) is 8.65. The minimum atomic E-state index is -0.151. The van der Waals surface area contributed by atoms with Crippen LogP contribution in [0.15, 0.2) is 0 Å². The van der Waals surface area contributed by atoms with Crippen LogP contribution in [0.25, 0.3) is 0 Å². The second kappa shape index (κ2) is 6.25. The SMILES string of the molecule is CCC1CCC(NC(=O)C2(CC)CCCNC2)C1C. The van der Waals surface area contributed by atoms with E-state index >= 15 is 0 Å². The van der Waals surface area contributed by atoms with Gasteiger partial charge in [-0.25, -0.2) is 0 Å². The Morgan fingerprint density at radius 3 is 2.68 bits per heavy atom. The average molecular weight is 266 g/mol. The third-order valence-corrected chi connectivity index (χ3v) is 5.70. The Balaban J connectivity index is 1.96. The Labute approximate surface area is 117 Å². The first-order chi connectivity index (χ1) is 9.13. The summed E-state index contributed by atoms with van der Waals surface area (Å²) in [6, 6.07) is 0.405. The summed E-state index contributed by atoms with van der Waals surface area (Å²) in [5.74, 6) is 1.74. The molecule has 1 heterocycles. The van der Waals surface area contributed by atoms with E-state index < -0.39 is 0 Å². The molecule has 4 atom stereocenters. The largest absolute Gasteiger partial charge is 0.353 e. The number of amides is 1. The third-order valence-electron chi connectivity index (χ3n) is 5.70. The molecule has 2 aliphatic rings. The van der Waals surface area contributed by atoms with E-state index in [1.165, 1.54) is 19.3 Å². The molecule has 0 spiro atoms. The normalized spacial score (nSPS) is 39.2. The predicted octanol–water partition coefficient (Wildman–Crippen LogP) is 2.71. The monoisotopic (exact) mass is 266 g/mol. The number of carbonyl (C=O) groups excluding carboxylic acids is 1. The molecular formula is C16H30N2O. The van der Waals surface area contributed by atoms with Crippen LogP contribution < -0.4 is 10.6 Å². The molecule has 1 aliphatic carbocycles. The second-order valence-corrected chi connectivity index (χ2v) is 6.60. The highest BCUT2D eigenvalue weighted by Crippen LogP contribution is 2.36. The highest BCUT2D eigenvalue weighted by molar-refractivity contribution is 5.83. The van der Waals surface area contributed by atoms with Gasteiger partial charge in [-0.1, -0.05) is 27.2 Å². The van der Waals surface area contributed by atoms with Crippen LogP contribution in [0.4, 0.5) is 0 Å². The molecule has 2 rings (SSSR count). The van der Waals surface area contributed by atoms with E-state index in [0.717, 1.165) is 38.3 Å². The third kappa shape index (κ3) is 2.96. The van der Waals surface area contributed by atoms with Crippen molar-refractivity contribution in [3.05, 3.63) is 0 Å². The number of nitrogens with one attached hydrogen (secondary N) is 2. The highest BCUT2D eigenvalue weighted by atomic mass is 16.2. The molecule has 1 aliphatic heterocycles. The lowest BCUT2D eigenvalue weighted by molar-refractivity contribution is -0.133. The quantitative estimate of drug-likeness (QED) is 0.821. The minimum absolute atomic E-state index is 0.151. The smallest absolute Gasteiger partial charge is 0.227 e. The first-order valence-corrected chi connectivity index (χ1v) is 8.14. The van der Waals surface area contributed by atoms with Gasteiger partial charge in [-0.05, 0) is 50.5 Å². The fourth-order valence-electron chi connectivity index (χ4n) is 3.97. The van der Waals surface area contributed by atoms with Gasteiger partial charge in [0, 0.05) is 12.6 Å². The molecule has 0 aromatic rings. The maximum absolute atomic E-state index is 12.7. The molecule has 3 nitrogen and oxygen atoms in total. The number of piperidine rings is 1. The van der Waals surface area contributed by atoms with Crippen LogP contribution in [0.1, 0.15) is 59.3 Å². The molecule has 1 amide bonds. The van der Waals surface area contributed by atoms with Crippen LogP contribution in [0.3, 0.4) is 0 Å². The van der Waals surface area contributed by atoms with Crippen LogP contribution in [0.2, 0.25) is 0 Å². The van der Waals surface area contributed by atoms with Crippen molar-refractivity contribution in [1.82, 2.24) is 10.6 Å². The molecule has 0 bridgehead atoms. The Bertz CT molecular complexity index is 310. The van der Waals surface area contributed by atoms with Gasteiger partial charge < -0.3 is 10.6 Å². The lowest BCUT2D eigenvalue weighted by atomic mass is 9.77. The molecule has 1 saturated heterocycles. The van der Waals surface area contributed by atoms with E-state index in [4.69, 9.17) is 0 Å². The molecule has 0 radical (unpaired) electrons. The van der Waals surface area contributed by atoms with Gasteiger partial charge in [-0.15, -0.1) is 0 Å². The fourth-order valence-corrected chi connectivity index (χ4v) is 3.97. The standard InChI is InChI=1S/C16H30N2O/c1-4-13-7-8-14(12(13)3)18-15(19)16(5-2)9-6-10-17-11-16/h12-14,17H,4-11H2,1-3H3,(H,18,19). The van der Waals surface area contributed by atoms with Crippen molar-refractivity contribution in [2.45, 2.75) is 65.3 Å². The fraction of sp³-hybridized carbons (Fsp3) is 0.938. The van der Waals surface area contributed by atoms with Gasteiger partial charge in [-0.2, -0.15) is 0 Å². The summed E-state index contributed by atoms with van der Waals surface area (Å²) >= 11 is 0. The van der Waals surface area contributed by atoms with E-state index in [2.05, 4.69) is 31.4 Å². The van der Waals surface area contributed by atoms with Gasteiger partial charge in [0.1, 0.15) is 0 Å². The Morgan fingerprint density at radius 1 is 1.37 bits per heavy atom. The summed E-state index contributed by atoms with van der Waals surface area (Å²) in [5.41, 5.74) is -0.151. The maximum atomic E-state index is 12.7. The number of rotatable bonds is 4.